The summed E-state index contributed by atoms with van der Waals surface area (Å²) in [6, 6.07) is 24.4. The number of hydrogen-bond acceptors (Lipinski definition) is 4. The molecule has 0 saturated heterocycles. The molecule has 0 atom stereocenters. The molecule has 1 heterocycles. The van der Waals surface area contributed by atoms with Gasteiger partial charge >= 0.3 is 0 Å². The first-order valence-corrected chi connectivity index (χ1v) is 10.9. The SMILES string of the molecule is COc1cc(-c2c3cc(Br)c4ccccc4c3nn2-c2ccccc2)cc(OC)c1OC. The summed E-state index contributed by atoms with van der Waals surface area (Å²) >= 11 is 3.76. The predicted octanol–water partition coefficient (Wildman–Crippen LogP) is 6.63. The first kappa shape index (κ1) is 20.4. The van der Waals surface area contributed by atoms with Crippen LogP contribution >= 0.6 is 15.9 Å². The maximum atomic E-state index is 5.63. The standard InChI is InChI=1S/C26H21BrN2O3/c1-30-22-13-16(14-23(31-2)26(22)32-3)25-20-15-21(27)18-11-7-8-12-19(18)24(20)28-29(25)17-9-5-4-6-10-17/h4-15H,1-3H3. The molecule has 160 valence electrons. The highest BCUT2D eigenvalue weighted by atomic mass is 79.9. The Morgan fingerprint density at radius 3 is 1.97 bits per heavy atom. The van der Waals surface area contributed by atoms with Crippen LogP contribution in [0.25, 0.3) is 38.6 Å². The molecular formula is C26H21BrN2O3. The van der Waals surface area contributed by atoms with E-state index in [0.717, 1.165) is 43.1 Å². The highest BCUT2D eigenvalue weighted by molar-refractivity contribution is 9.10. The van der Waals surface area contributed by atoms with Gasteiger partial charge in [0.25, 0.3) is 0 Å². The van der Waals surface area contributed by atoms with Crippen LogP contribution in [0.3, 0.4) is 0 Å². The lowest BCUT2D eigenvalue weighted by molar-refractivity contribution is 0.324. The van der Waals surface area contributed by atoms with Crippen LogP contribution < -0.4 is 14.2 Å². The van der Waals surface area contributed by atoms with E-state index in [1.807, 2.05) is 59.3 Å². The Balaban J connectivity index is 1.92. The van der Waals surface area contributed by atoms with E-state index in [9.17, 15) is 0 Å². The van der Waals surface area contributed by atoms with Crippen molar-refractivity contribution >= 4 is 37.6 Å². The number of halogens is 1. The Morgan fingerprint density at radius 1 is 0.719 bits per heavy atom. The maximum Gasteiger partial charge on any atom is 0.203 e. The number of fused-ring (bicyclic) bond motifs is 3. The molecule has 0 saturated carbocycles. The first-order valence-electron chi connectivity index (χ1n) is 10.1. The summed E-state index contributed by atoms with van der Waals surface area (Å²) in [6.45, 7) is 0. The summed E-state index contributed by atoms with van der Waals surface area (Å²) in [6.07, 6.45) is 0. The quantitative estimate of drug-likeness (QED) is 0.278. The fourth-order valence-electron chi connectivity index (χ4n) is 4.12. The van der Waals surface area contributed by atoms with Gasteiger partial charge in [0.2, 0.25) is 5.75 Å². The van der Waals surface area contributed by atoms with Gasteiger partial charge in [0.15, 0.2) is 11.5 Å². The minimum absolute atomic E-state index is 0.556. The monoisotopic (exact) mass is 488 g/mol. The van der Waals surface area contributed by atoms with Crippen LogP contribution in [0.1, 0.15) is 0 Å². The second kappa shape index (κ2) is 8.20. The fourth-order valence-corrected chi connectivity index (χ4v) is 4.69. The Morgan fingerprint density at radius 2 is 1.34 bits per heavy atom. The minimum atomic E-state index is 0.556. The van der Waals surface area contributed by atoms with Crippen LogP contribution in [0.4, 0.5) is 0 Å². The summed E-state index contributed by atoms with van der Waals surface area (Å²) in [5.74, 6) is 1.74. The summed E-state index contributed by atoms with van der Waals surface area (Å²) < 4.78 is 19.8. The number of rotatable bonds is 5. The van der Waals surface area contributed by atoms with Crippen LogP contribution in [0.2, 0.25) is 0 Å². The van der Waals surface area contributed by atoms with Crippen molar-refractivity contribution in [3.05, 3.63) is 77.3 Å². The van der Waals surface area contributed by atoms with Gasteiger partial charge < -0.3 is 14.2 Å². The number of aromatic nitrogens is 2. The third-order valence-corrected chi connectivity index (χ3v) is 6.23. The van der Waals surface area contributed by atoms with Gasteiger partial charge in [-0.15, -0.1) is 0 Å². The maximum absolute atomic E-state index is 5.63. The molecule has 0 aliphatic heterocycles. The molecule has 0 unspecified atom stereocenters. The zero-order valence-electron chi connectivity index (χ0n) is 17.9. The number of para-hydroxylation sites is 1. The van der Waals surface area contributed by atoms with Gasteiger partial charge in [0, 0.05) is 20.8 Å². The summed E-state index contributed by atoms with van der Waals surface area (Å²) in [7, 11) is 4.85. The molecule has 0 aliphatic carbocycles. The summed E-state index contributed by atoms with van der Waals surface area (Å²) in [4.78, 5) is 0. The second-order valence-electron chi connectivity index (χ2n) is 7.31. The normalized spacial score (nSPS) is 11.1. The molecule has 32 heavy (non-hydrogen) atoms. The van der Waals surface area contributed by atoms with Gasteiger partial charge in [-0.25, -0.2) is 4.68 Å². The molecule has 4 aromatic carbocycles. The molecular weight excluding hydrogens is 468 g/mol. The van der Waals surface area contributed by atoms with E-state index in [1.54, 1.807) is 21.3 Å². The zero-order chi connectivity index (χ0) is 22.2. The van der Waals surface area contributed by atoms with Crippen molar-refractivity contribution in [2.24, 2.45) is 0 Å². The average molecular weight is 489 g/mol. The lowest BCUT2D eigenvalue weighted by Gasteiger charge is -2.15. The van der Waals surface area contributed by atoms with Gasteiger partial charge in [-0.3, -0.25) is 0 Å². The second-order valence-corrected chi connectivity index (χ2v) is 8.16. The van der Waals surface area contributed by atoms with Gasteiger partial charge in [-0.05, 0) is 35.7 Å². The molecule has 5 rings (SSSR count). The van der Waals surface area contributed by atoms with Crippen molar-refractivity contribution < 1.29 is 14.2 Å². The molecule has 1 aromatic heterocycles. The van der Waals surface area contributed by atoms with E-state index < -0.39 is 0 Å². The van der Waals surface area contributed by atoms with Crippen molar-refractivity contribution in [2.45, 2.75) is 0 Å². The Hall–Kier alpha value is -3.51. The smallest absolute Gasteiger partial charge is 0.203 e. The molecule has 0 amide bonds. The van der Waals surface area contributed by atoms with E-state index in [1.165, 1.54) is 0 Å². The van der Waals surface area contributed by atoms with E-state index in [-0.39, 0.29) is 0 Å². The lowest BCUT2D eigenvalue weighted by atomic mass is 10.0. The van der Waals surface area contributed by atoms with Crippen molar-refractivity contribution in [1.82, 2.24) is 9.78 Å². The third kappa shape index (κ3) is 3.19. The predicted molar refractivity (Wildman–Crippen MR) is 131 cm³/mol. The first-order chi connectivity index (χ1) is 15.7. The van der Waals surface area contributed by atoms with Gasteiger partial charge in [-0.2, -0.15) is 5.10 Å². The number of ether oxygens (including phenoxy) is 3. The third-order valence-electron chi connectivity index (χ3n) is 5.57. The highest BCUT2D eigenvalue weighted by Crippen LogP contribution is 2.44. The molecule has 0 radical (unpaired) electrons. The molecule has 0 fully saturated rings. The molecule has 5 aromatic rings. The number of methoxy groups -OCH3 is 3. The summed E-state index contributed by atoms with van der Waals surface area (Å²) in [5.41, 5.74) is 3.74. The highest BCUT2D eigenvalue weighted by Gasteiger charge is 2.22. The number of benzene rings is 4. The van der Waals surface area contributed by atoms with Gasteiger partial charge in [0.05, 0.1) is 32.7 Å². The number of nitrogens with zero attached hydrogens (tertiary/aromatic N) is 2. The molecule has 0 spiro atoms. The zero-order valence-corrected chi connectivity index (χ0v) is 19.5. The van der Waals surface area contributed by atoms with Crippen molar-refractivity contribution in [2.75, 3.05) is 21.3 Å². The molecule has 0 aliphatic rings. The molecule has 6 heteroatoms. The van der Waals surface area contributed by atoms with Crippen molar-refractivity contribution in [3.8, 4) is 34.2 Å². The summed E-state index contributed by atoms with van der Waals surface area (Å²) in [5, 5.41) is 8.29. The van der Waals surface area contributed by atoms with Crippen LogP contribution in [-0.2, 0) is 0 Å². The van der Waals surface area contributed by atoms with Crippen molar-refractivity contribution in [1.29, 1.82) is 0 Å². The van der Waals surface area contributed by atoms with Gasteiger partial charge in [0.1, 0.15) is 5.52 Å². The topological polar surface area (TPSA) is 45.5 Å². The van der Waals surface area contributed by atoms with E-state index >= 15 is 0 Å². The molecule has 0 N–H and O–H groups in total. The average Bonchev–Trinajstić information content (AvgIpc) is 3.23. The largest absolute Gasteiger partial charge is 0.493 e. The molecule has 5 nitrogen and oxygen atoms in total. The van der Waals surface area contributed by atoms with Gasteiger partial charge in [-0.1, -0.05) is 58.4 Å². The number of hydrogen-bond donors (Lipinski definition) is 0. The fraction of sp³-hybridized carbons (Fsp3) is 0.115. The Labute approximate surface area is 194 Å². The lowest BCUT2D eigenvalue weighted by Crippen LogP contribution is -2.00. The van der Waals surface area contributed by atoms with Crippen LogP contribution in [0.5, 0.6) is 17.2 Å². The van der Waals surface area contributed by atoms with E-state index in [2.05, 4.69) is 34.1 Å². The van der Waals surface area contributed by atoms with E-state index in [4.69, 9.17) is 19.3 Å². The van der Waals surface area contributed by atoms with E-state index in [0.29, 0.717) is 17.2 Å². The van der Waals surface area contributed by atoms with Crippen LogP contribution in [0.15, 0.2) is 77.3 Å². The Bertz CT molecular complexity index is 1420. The molecule has 0 bridgehead atoms. The van der Waals surface area contributed by atoms with Crippen LogP contribution in [-0.4, -0.2) is 31.1 Å². The van der Waals surface area contributed by atoms with Crippen LogP contribution in [0, 0.1) is 0 Å². The Kier molecular flexibility index (Phi) is 5.23. The minimum Gasteiger partial charge on any atom is -0.493 e. The van der Waals surface area contributed by atoms with Crippen molar-refractivity contribution in [3.63, 3.8) is 0 Å².